The third-order valence-corrected chi connectivity index (χ3v) is 4.09. The molecule has 0 aliphatic rings. The molecular weight excluding hydrogens is 561 g/mol. The first kappa shape index (κ1) is 26.7. The van der Waals surface area contributed by atoms with Crippen molar-refractivity contribution in [3.05, 3.63) is 88.4 Å². The van der Waals surface area contributed by atoms with Crippen LogP contribution in [-0.2, 0) is 7.05 Å². The summed E-state index contributed by atoms with van der Waals surface area (Å²) in [6.07, 6.45) is 0. The standard InChI is InChI=1S/C9H6ClNO3.C8H4ClNO3.CH3I.Na.H/c1-11-7-3-2-5(10)4-6(7)8(12)14-9(11)13;9-4-1-2-6-5(3-4)7(11)13-8(12)10-6;1-2;;/h2-4H,1H3;1-3H,(H,10,12);1H3;;/q;;;+1;-1. The summed E-state index contributed by atoms with van der Waals surface area (Å²) in [5.74, 6) is -1.44. The van der Waals surface area contributed by atoms with Gasteiger partial charge in [-0.3, -0.25) is 9.55 Å². The fourth-order valence-electron chi connectivity index (χ4n) is 2.33. The monoisotopic (exact) mass is 574 g/mol. The van der Waals surface area contributed by atoms with Crippen molar-refractivity contribution in [3.8, 4) is 0 Å². The summed E-state index contributed by atoms with van der Waals surface area (Å²) in [6.45, 7) is 0. The van der Waals surface area contributed by atoms with Gasteiger partial charge in [0.05, 0.1) is 21.8 Å². The minimum atomic E-state index is -0.764. The summed E-state index contributed by atoms with van der Waals surface area (Å²) in [6, 6.07) is 9.27. The summed E-state index contributed by atoms with van der Waals surface area (Å²) in [4.78, 5) is 48.6. The minimum absolute atomic E-state index is 0. The first-order valence-electron chi connectivity index (χ1n) is 7.76. The number of fused-ring (bicyclic) bond motifs is 2. The second kappa shape index (κ2) is 11.9. The number of alkyl halides is 1. The molecule has 2 aromatic heterocycles. The summed E-state index contributed by atoms with van der Waals surface area (Å²) in [5.41, 5.74) is -0.409. The fraction of sp³-hybridized carbons (Fsp3) is 0.111. The minimum Gasteiger partial charge on any atom is -1.00 e. The van der Waals surface area contributed by atoms with E-state index in [2.05, 4.69) is 36.4 Å². The summed E-state index contributed by atoms with van der Waals surface area (Å²) in [5, 5.41) is 1.43. The Kier molecular flexibility index (Phi) is 10.5. The van der Waals surface area contributed by atoms with Gasteiger partial charge in [-0.25, -0.2) is 19.2 Å². The molecule has 2 heterocycles. The second-order valence-corrected chi connectivity index (χ2v) is 6.24. The third-order valence-electron chi connectivity index (χ3n) is 3.62. The Bertz CT molecular complexity index is 1420. The van der Waals surface area contributed by atoms with Crippen molar-refractivity contribution in [3.63, 3.8) is 0 Å². The van der Waals surface area contributed by atoms with Gasteiger partial charge in [0.1, 0.15) is 0 Å². The van der Waals surface area contributed by atoms with Gasteiger partial charge in [0, 0.05) is 17.1 Å². The predicted octanol–water partition coefficient (Wildman–Crippen LogP) is 0.447. The van der Waals surface area contributed by atoms with Gasteiger partial charge >= 0.3 is 52.3 Å². The maximum absolute atomic E-state index is 11.3. The van der Waals surface area contributed by atoms with E-state index < -0.39 is 22.8 Å². The Morgan fingerprint density at radius 3 is 2.07 bits per heavy atom. The van der Waals surface area contributed by atoms with Crippen molar-refractivity contribution in [2.45, 2.75) is 0 Å². The smallest absolute Gasteiger partial charge is 1.00 e. The van der Waals surface area contributed by atoms with Gasteiger partial charge in [-0.1, -0.05) is 45.8 Å². The molecule has 0 atom stereocenters. The molecule has 154 valence electrons. The van der Waals surface area contributed by atoms with E-state index in [0.717, 1.165) is 0 Å². The Hall–Kier alpha value is -1.37. The number of hydrogen-bond acceptors (Lipinski definition) is 6. The number of aromatic nitrogens is 2. The molecule has 2 aromatic carbocycles. The number of nitrogens with one attached hydrogen (secondary N) is 1. The molecule has 0 aliphatic carbocycles. The van der Waals surface area contributed by atoms with E-state index in [1.54, 1.807) is 24.3 Å². The number of hydrogen-bond donors (Lipinski definition) is 1. The first-order chi connectivity index (χ1) is 13.8. The number of benzene rings is 2. The number of H-pyrrole nitrogens is 1. The molecule has 0 saturated heterocycles. The molecule has 0 aliphatic heterocycles. The molecule has 0 amide bonds. The van der Waals surface area contributed by atoms with Crippen LogP contribution in [-0.4, -0.2) is 14.5 Å². The number of rotatable bonds is 0. The Morgan fingerprint density at radius 1 is 0.900 bits per heavy atom. The Morgan fingerprint density at radius 2 is 1.43 bits per heavy atom. The van der Waals surface area contributed by atoms with Gasteiger partial charge in [0.15, 0.2) is 0 Å². The van der Waals surface area contributed by atoms with Crippen molar-refractivity contribution in [2.24, 2.45) is 7.05 Å². The van der Waals surface area contributed by atoms with Gasteiger partial charge in [-0.05, 0) is 41.3 Å². The van der Waals surface area contributed by atoms with Crippen LogP contribution in [0.25, 0.3) is 21.8 Å². The van der Waals surface area contributed by atoms with Crippen molar-refractivity contribution in [1.29, 1.82) is 0 Å². The maximum atomic E-state index is 11.3. The van der Waals surface area contributed by atoms with Crippen molar-refractivity contribution in [1.82, 2.24) is 9.55 Å². The van der Waals surface area contributed by atoms with E-state index in [1.807, 2.05) is 4.93 Å². The second-order valence-electron chi connectivity index (χ2n) is 5.37. The van der Waals surface area contributed by atoms with Crippen molar-refractivity contribution < 1.29 is 39.8 Å². The van der Waals surface area contributed by atoms with E-state index in [9.17, 15) is 19.2 Å². The van der Waals surface area contributed by atoms with E-state index in [1.165, 1.54) is 23.7 Å². The van der Waals surface area contributed by atoms with Gasteiger partial charge < -0.3 is 10.3 Å². The van der Waals surface area contributed by atoms with Crippen LogP contribution in [0.5, 0.6) is 0 Å². The zero-order valence-corrected chi connectivity index (χ0v) is 21.7. The summed E-state index contributed by atoms with van der Waals surface area (Å²) >= 11 is 13.5. The molecule has 0 saturated carbocycles. The molecule has 4 rings (SSSR count). The topological polar surface area (TPSA) is 115 Å². The first-order valence-corrected chi connectivity index (χ1v) is 10.7. The summed E-state index contributed by atoms with van der Waals surface area (Å²) < 4.78 is 10.0. The SMILES string of the molecule is CI.Cn1c(=O)oc(=O)c2cc(Cl)ccc21.O=c1[nH]c2ccc(Cl)cc2c(=O)o1.[H-].[Na+]. The molecule has 1 N–H and O–H groups in total. The van der Waals surface area contributed by atoms with Gasteiger partial charge in [0.2, 0.25) is 0 Å². The number of halogens is 3. The molecule has 0 radical (unpaired) electrons. The van der Waals surface area contributed by atoms with Crippen LogP contribution in [0.15, 0.2) is 64.4 Å². The van der Waals surface area contributed by atoms with E-state index in [0.29, 0.717) is 26.5 Å². The molecule has 0 spiro atoms. The number of aromatic amines is 1. The number of nitrogens with zero attached hydrogens (tertiary/aromatic N) is 1. The average molecular weight is 575 g/mol. The van der Waals surface area contributed by atoms with Crippen LogP contribution in [0.1, 0.15) is 1.43 Å². The van der Waals surface area contributed by atoms with Gasteiger partial charge in [-0.15, -0.1) is 0 Å². The molecule has 4 aromatic rings. The molecule has 30 heavy (non-hydrogen) atoms. The van der Waals surface area contributed by atoms with Crippen molar-refractivity contribution in [2.75, 3.05) is 4.93 Å². The maximum Gasteiger partial charge on any atom is 1.00 e. The molecule has 0 unspecified atom stereocenters. The van der Waals surface area contributed by atoms with Gasteiger partial charge in [-0.2, -0.15) is 0 Å². The van der Waals surface area contributed by atoms with Crippen LogP contribution >= 0.6 is 45.8 Å². The molecule has 8 nitrogen and oxygen atoms in total. The average Bonchev–Trinajstić information content (AvgIpc) is 2.69. The van der Waals surface area contributed by atoms with Crippen LogP contribution in [0.4, 0.5) is 0 Å². The predicted molar refractivity (Wildman–Crippen MR) is 122 cm³/mol. The largest absolute Gasteiger partial charge is 1.00 e. The molecule has 0 bridgehead atoms. The van der Waals surface area contributed by atoms with E-state index >= 15 is 0 Å². The van der Waals surface area contributed by atoms with Gasteiger partial charge in [0.25, 0.3) is 0 Å². The Balaban J connectivity index is 0.000000508. The number of aryl methyl sites for hydroxylation is 1. The van der Waals surface area contributed by atoms with Crippen LogP contribution in [0, 0.1) is 0 Å². The molecular formula is C18H14Cl2IN2NaO6. The normalized spacial score (nSPS) is 9.77. The van der Waals surface area contributed by atoms with E-state index in [4.69, 9.17) is 23.2 Å². The van der Waals surface area contributed by atoms with Crippen LogP contribution in [0.3, 0.4) is 0 Å². The fourth-order valence-corrected chi connectivity index (χ4v) is 2.68. The summed E-state index contributed by atoms with van der Waals surface area (Å²) in [7, 11) is 1.53. The molecule has 12 heteroatoms. The zero-order chi connectivity index (χ0) is 21.7. The van der Waals surface area contributed by atoms with Crippen molar-refractivity contribution >= 4 is 67.6 Å². The quantitative estimate of drug-likeness (QED) is 0.185. The van der Waals surface area contributed by atoms with Crippen LogP contribution in [0.2, 0.25) is 10.0 Å². The van der Waals surface area contributed by atoms with Crippen LogP contribution < -0.4 is 52.3 Å². The van der Waals surface area contributed by atoms with E-state index in [-0.39, 0.29) is 36.4 Å². The zero-order valence-electron chi connectivity index (χ0n) is 17.0. The molecule has 0 fully saturated rings. The third kappa shape index (κ3) is 6.32. The Labute approximate surface area is 215 Å².